The molecule has 0 aliphatic carbocycles. The van der Waals surface area contributed by atoms with E-state index in [0.29, 0.717) is 29.6 Å². The van der Waals surface area contributed by atoms with Crippen LogP contribution in [0, 0.1) is 0 Å². The van der Waals surface area contributed by atoms with Crippen molar-refractivity contribution in [3.05, 3.63) is 36.7 Å². The molecule has 1 atom stereocenters. The number of benzene rings is 1. The van der Waals surface area contributed by atoms with Gasteiger partial charge < -0.3 is 15.3 Å². The number of anilines is 3. The molecule has 0 spiro atoms. The van der Waals surface area contributed by atoms with Gasteiger partial charge in [-0.05, 0) is 37.1 Å². The summed E-state index contributed by atoms with van der Waals surface area (Å²) in [6.07, 6.45) is 2.70. The molecule has 0 bridgehead atoms. The lowest BCUT2D eigenvalue weighted by molar-refractivity contribution is 0.154. The van der Waals surface area contributed by atoms with E-state index in [1.807, 2.05) is 11.0 Å². The molecular weight excluding hydrogens is 370 g/mol. The van der Waals surface area contributed by atoms with Crippen molar-refractivity contribution in [1.29, 1.82) is 0 Å². The van der Waals surface area contributed by atoms with Gasteiger partial charge in [0.05, 0.1) is 11.0 Å². The van der Waals surface area contributed by atoms with Crippen LogP contribution in [0.25, 0.3) is 5.78 Å². The lowest BCUT2D eigenvalue weighted by atomic mass is 10.1. The molecule has 1 unspecified atom stereocenters. The molecule has 1 aliphatic rings. The maximum Gasteiger partial charge on any atom is 0.256 e. The number of nitrogens with two attached hydrogens (primary N) is 1. The first-order valence-corrected chi connectivity index (χ1v) is 9.98. The lowest BCUT2D eigenvalue weighted by Gasteiger charge is -2.31. The van der Waals surface area contributed by atoms with Crippen molar-refractivity contribution in [1.82, 2.24) is 19.6 Å². The minimum atomic E-state index is -3.74. The van der Waals surface area contributed by atoms with Crippen molar-refractivity contribution < 1.29 is 13.5 Å². The smallest absolute Gasteiger partial charge is 0.256 e. The van der Waals surface area contributed by atoms with Crippen LogP contribution in [0.3, 0.4) is 0 Å². The third-order valence-electron chi connectivity index (χ3n) is 4.41. The average molecular weight is 389 g/mol. The number of rotatable bonds is 4. The quantitative estimate of drug-likeness (QED) is 0.585. The van der Waals surface area contributed by atoms with E-state index < -0.39 is 10.0 Å². The van der Waals surface area contributed by atoms with Gasteiger partial charge in [0.1, 0.15) is 18.0 Å². The number of β-amino-alcohol motifs (C(OH)–C–C–N with tert-alkyl or cyclic N) is 1. The summed E-state index contributed by atoms with van der Waals surface area (Å²) in [6.45, 7) is 1.32. The number of piperidine rings is 1. The Kier molecular flexibility index (Phi) is 4.42. The first-order valence-electron chi connectivity index (χ1n) is 8.44. The van der Waals surface area contributed by atoms with Gasteiger partial charge in [0.25, 0.3) is 5.78 Å². The Morgan fingerprint density at radius 3 is 2.74 bits per heavy atom. The first kappa shape index (κ1) is 17.6. The van der Waals surface area contributed by atoms with E-state index in [1.165, 1.54) is 18.5 Å². The van der Waals surface area contributed by atoms with Crippen molar-refractivity contribution in [2.45, 2.75) is 23.8 Å². The van der Waals surface area contributed by atoms with Gasteiger partial charge in [0, 0.05) is 24.8 Å². The fraction of sp³-hybridized carbons (Fsp3) is 0.312. The third kappa shape index (κ3) is 3.70. The van der Waals surface area contributed by atoms with Crippen LogP contribution in [-0.2, 0) is 10.0 Å². The lowest BCUT2D eigenvalue weighted by Crippen LogP contribution is -2.38. The van der Waals surface area contributed by atoms with E-state index in [0.717, 1.165) is 19.4 Å². The molecule has 0 amide bonds. The molecule has 142 valence electrons. The van der Waals surface area contributed by atoms with Gasteiger partial charge in [0.15, 0.2) is 0 Å². The van der Waals surface area contributed by atoms with E-state index in [-0.39, 0.29) is 11.0 Å². The van der Waals surface area contributed by atoms with Crippen LogP contribution >= 0.6 is 0 Å². The van der Waals surface area contributed by atoms with E-state index in [4.69, 9.17) is 5.14 Å². The van der Waals surface area contributed by atoms with Crippen LogP contribution in [0.4, 0.5) is 17.3 Å². The molecule has 3 heterocycles. The van der Waals surface area contributed by atoms with Crippen molar-refractivity contribution in [2.24, 2.45) is 5.14 Å². The number of primary sulfonamides is 1. The summed E-state index contributed by atoms with van der Waals surface area (Å²) in [5.74, 6) is 1.74. The molecule has 11 heteroatoms. The monoisotopic (exact) mass is 389 g/mol. The Balaban J connectivity index is 1.67. The summed E-state index contributed by atoms with van der Waals surface area (Å²) in [5, 5.41) is 22.4. The normalized spacial score (nSPS) is 18.0. The number of hydrogen-bond acceptors (Lipinski definition) is 8. The van der Waals surface area contributed by atoms with Gasteiger partial charge in [-0.2, -0.15) is 19.6 Å². The molecule has 1 aromatic carbocycles. The van der Waals surface area contributed by atoms with Crippen LogP contribution in [-0.4, -0.2) is 52.3 Å². The summed E-state index contributed by atoms with van der Waals surface area (Å²) in [6, 6.07) is 7.92. The van der Waals surface area contributed by atoms with Crippen LogP contribution in [0.5, 0.6) is 0 Å². The van der Waals surface area contributed by atoms with Gasteiger partial charge in [-0.15, -0.1) is 0 Å². The Morgan fingerprint density at radius 1 is 1.26 bits per heavy atom. The highest BCUT2D eigenvalue weighted by molar-refractivity contribution is 7.89. The van der Waals surface area contributed by atoms with Crippen molar-refractivity contribution in [3.63, 3.8) is 0 Å². The van der Waals surface area contributed by atoms with Gasteiger partial charge in [-0.1, -0.05) is 0 Å². The molecule has 0 saturated carbocycles. The van der Waals surface area contributed by atoms with E-state index in [2.05, 4.69) is 20.4 Å². The van der Waals surface area contributed by atoms with Crippen molar-refractivity contribution in [3.8, 4) is 0 Å². The zero-order valence-corrected chi connectivity index (χ0v) is 15.2. The first-order chi connectivity index (χ1) is 12.9. The summed E-state index contributed by atoms with van der Waals surface area (Å²) < 4.78 is 24.3. The van der Waals surface area contributed by atoms with Gasteiger partial charge >= 0.3 is 0 Å². The second kappa shape index (κ2) is 6.76. The minimum Gasteiger partial charge on any atom is -0.391 e. The van der Waals surface area contributed by atoms with Gasteiger partial charge in [-0.25, -0.2) is 13.6 Å². The zero-order valence-electron chi connectivity index (χ0n) is 14.4. The number of hydrogen-bond donors (Lipinski definition) is 3. The minimum absolute atomic E-state index is 0.0386. The number of aliphatic hydroxyl groups excluding tert-OH is 1. The molecule has 4 rings (SSSR count). The van der Waals surface area contributed by atoms with E-state index >= 15 is 0 Å². The Labute approximate surface area is 155 Å². The SMILES string of the molecule is NS(=O)(=O)c1ccc(Nc2cc(N3CCCC(O)C3)nc3ncnn23)cc1. The largest absolute Gasteiger partial charge is 0.391 e. The highest BCUT2D eigenvalue weighted by atomic mass is 32.2. The second-order valence-electron chi connectivity index (χ2n) is 6.41. The summed E-state index contributed by atoms with van der Waals surface area (Å²) >= 11 is 0. The van der Waals surface area contributed by atoms with Crippen molar-refractivity contribution in [2.75, 3.05) is 23.3 Å². The maximum atomic E-state index is 11.4. The summed E-state index contributed by atoms with van der Waals surface area (Å²) in [4.78, 5) is 10.7. The van der Waals surface area contributed by atoms with Crippen LogP contribution in [0.1, 0.15) is 12.8 Å². The maximum absolute atomic E-state index is 11.4. The summed E-state index contributed by atoms with van der Waals surface area (Å²) in [7, 11) is -3.74. The molecule has 4 N–H and O–H groups in total. The molecule has 27 heavy (non-hydrogen) atoms. The molecule has 1 fully saturated rings. The molecule has 3 aromatic rings. The third-order valence-corrected chi connectivity index (χ3v) is 5.34. The fourth-order valence-electron chi connectivity index (χ4n) is 3.09. The second-order valence-corrected chi connectivity index (χ2v) is 7.97. The van der Waals surface area contributed by atoms with Crippen LogP contribution < -0.4 is 15.4 Å². The Bertz CT molecular complexity index is 1070. The molecule has 10 nitrogen and oxygen atoms in total. The predicted molar refractivity (Wildman–Crippen MR) is 99.3 cm³/mol. The summed E-state index contributed by atoms with van der Waals surface area (Å²) in [5.41, 5.74) is 0.662. The Hall–Kier alpha value is -2.76. The number of aromatic nitrogens is 4. The number of nitrogens with one attached hydrogen (secondary N) is 1. The predicted octanol–water partition coefficient (Wildman–Crippen LogP) is 0.476. The molecule has 0 radical (unpaired) electrons. The van der Waals surface area contributed by atoms with Gasteiger partial charge in [0.2, 0.25) is 10.0 Å². The number of sulfonamides is 1. The average Bonchev–Trinajstić information content (AvgIpc) is 3.10. The number of nitrogens with zero attached hydrogens (tertiary/aromatic N) is 5. The molecule has 2 aromatic heterocycles. The fourth-order valence-corrected chi connectivity index (χ4v) is 3.60. The number of aliphatic hydroxyl groups is 1. The highest BCUT2D eigenvalue weighted by Crippen LogP contribution is 2.25. The molecule has 1 saturated heterocycles. The topological polar surface area (TPSA) is 139 Å². The van der Waals surface area contributed by atoms with Crippen LogP contribution in [0.2, 0.25) is 0 Å². The number of fused-ring (bicyclic) bond motifs is 1. The Morgan fingerprint density at radius 2 is 2.04 bits per heavy atom. The highest BCUT2D eigenvalue weighted by Gasteiger charge is 2.20. The van der Waals surface area contributed by atoms with E-state index in [1.54, 1.807) is 16.6 Å². The van der Waals surface area contributed by atoms with Gasteiger partial charge in [-0.3, -0.25) is 0 Å². The van der Waals surface area contributed by atoms with Crippen molar-refractivity contribution >= 4 is 33.1 Å². The van der Waals surface area contributed by atoms with Crippen LogP contribution in [0.15, 0.2) is 41.6 Å². The molecular formula is C16H19N7O3S. The zero-order chi connectivity index (χ0) is 19.0. The van der Waals surface area contributed by atoms with E-state index in [9.17, 15) is 13.5 Å². The standard InChI is InChI=1S/C16H19N7O3S/c17-27(25,26)13-5-3-11(4-6-13)20-15-8-14(21-16-18-10-19-23(15)16)22-7-1-2-12(24)9-22/h3-6,8,10,12,20,24H,1-2,7,9H2,(H2,17,25,26). The molecule has 1 aliphatic heterocycles.